The molecule has 0 aliphatic carbocycles. The number of halogens is 1. The van der Waals surface area contributed by atoms with Crippen LogP contribution in [0, 0.1) is 5.82 Å². The minimum absolute atomic E-state index is 0.127. The first-order valence-corrected chi connectivity index (χ1v) is 6.12. The van der Waals surface area contributed by atoms with Gasteiger partial charge in [0.1, 0.15) is 5.82 Å². The van der Waals surface area contributed by atoms with Crippen molar-refractivity contribution in [2.75, 3.05) is 23.4 Å². The standard InChI is InChI=1S/C11H14FNO2S/c12-9-4-1-2-5-10(9)13-11(15)8-16-7-3-6-14/h1-2,4-5,14H,3,6-8H2,(H,13,15). The number of rotatable bonds is 6. The number of nitrogens with one attached hydrogen (secondary N) is 1. The van der Waals surface area contributed by atoms with E-state index in [1.54, 1.807) is 12.1 Å². The predicted molar refractivity (Wildman–Crippen MR) is 64.1 cm³/mol. The molecule has 1 rings (SSSR count). The van der Waals surface area contributed by atoms with Crippen LogP contribution in [0.15, 0.2) is 24.3 Å². The molecule has 0 aliphatic rings. The Morgan fingerprint density at radius 1 is 1.44 bits per heavy atom. The van der Waals surface area contributed by atoms with Gasteiger partial charge in [0.2, 0.25) is 5.91 Å². The van der Waals surface area contributed by atoms with Crippen LogP contribution in [-0.4, -0.2) is 29.1 Å². The van der Waals surface area contributed by atoms with Gasteiger partial charge < -0.3 is 10.4 Å². The van der Waals surface area contributed by atoms with Crippen LogP contribution in [0.4, 0.5) is 10.1 Å². The van der Waals surface area contributed by atoms with Gasteiger partial charge in [0.05, 0.1) is 11.4 Å². The van der Waals surface area contributed by atoms with Crippen LogP contribution in [0.2, 0.25) is 0 Å². The number of anilines is 1. The molecule has 5 heteroatoms. The summed E-state index contributed by atoms with van der Waals surface area (Å²) in [6.07, 6.45) is 0.664. The normalized spacial score (nSPS) is 10.1. The zero-order valence-electron chi connectivity index (χ0n) is 8.78. The van der Waals surface area contributed by atoms with Crippen molar-refractivity contribution in [2.24, 2.45) is 0 Å². The third-order valence-corrected chi connectivity index (χ3v) is 2.87. The summed E-state index contributed by atoms with van der Waals surface area (Å²) in [7, 11) is 0. The number of aliphatic hydroxyl groups is 1. The number of para-hydroxylation sites is 1. The van der Waals surface area contributed by atoms with Crippen LogP contribution < -0.4 is 5.32 Å². The summed E-state index contributed by atoms with van der Waals surface area (Å²) >= 11 is 1.42. The Balaban J connectivity index is 2.32. The van der Waals surface area contributed by atoms with E-state index in [0.717, 1.165) is 5.75 Å². The lowest BCUT2D eigenvalue weighted by Crippen LogP contribution is -2.15. The monoisotopic (exact) mass is 243 g/mol. The lowest BCUT2D eigenvalue weighted by molar-refractivity contribution is -0.113. The molecule has 0 heterocycles. The van der Waals surface area contributed by atoms with Gasteiger partial charge in [-0.15, -0.1) is 0 Å². The number of hydrogen-bond donors (Lipinski definition) is 2. The number of carbonyl (C=O) groups excluding carboxylic acids is 1. The molecule has 0 aromatic heterocycles. The number of hydrogen-bond acceptors (Lipinski definition) is 3. The van der Waals surface area contributed by atoms with Crippen molar-refractivity contribution in [2.45, 2.75) is 6.42 Å². The van der Waals surface area contributed by atoms with E-state index in [1.807, 2.05) is 0 Å². The van der Waals surface area contributed by atoms with Crippen LogP contribution in [0.25, 0.3) is 0 Å². The van der Waals surface area contributed by atoms with Gasteiger partial charge in [-0.1, -0.05) is 12.1 Å². The molecule has 0 atom stereocenters. The maximum Gasteiger partial charge on any atom is 0.234 e. The lowest BCUT2D eigenvalue weighted by atomic mass is 10.3. The summed E-state index contributed by atoms with van der Waals surface area (Å²) in [5.41, 5.74) is 0.204. The molecule has 1 aromatic rings. The van der Waals surface area contributed by atoms with E-state index < -0.39 is 5.82 Å². The van der Waals surface area contributed by atoms with Gasteiger partial charge in [-0.2, -0.15) is 11.8 Å². The summed E-state index contributed by atoms with van der Waals surface area (Å²) < 4.78 is 13.1. The highest BCUT2D eigenvalue weighted by Gasteiger charge is 2.05. The van der Waals surface area contributed by atoms with E-state index in [0.29, 0.717) is 6.42 Å². The second kappa shape index (κ2) is 7.24. The van der Waals surface area contributed by atoms with Gasteiger partial charge in [0, 0.05) is 6.61 Å². The molecule has 0 saturated carbocycles. The molecule has 0 unspecified atom stereocenters. The number of carbonyl (C=O) groups is 1. The Labute approximate surface area is 98.1 Å². The molecule has 0 bridgehead atoms. The van der Waals surface area contributed by atoms with E-state index in [9.17, 15) is 9.18 Å². The van der Waals surface area contributed by atoms with Crippen molar-refractivity contribution in [1.82, 2.24) is 0 Å². The molecular weight excluding hydrogens is 229 g/mol. The summed E-state index contributed by atoms with van der Waals surface area (Å²) in [4.78, 5) is 11.4. The molecule has 0 radical (unpaired) electrons. The molecule has 1 aromatic carbocycles. The average Bonchev–Trinajstić information content (AvgIpc) is 2.28. The highest BCUT2D eigenvalue weighted by atomic mass is 32.2. The van der Waals surface area contributed by atoms with E-state index >= 15 is 0 Å². The van der Waals surface area contributed by atoms with Crippen LogP contribution in [0.1, 0.15) is 6.42 Å². The number of aliphatic hydroxyl groups excluding tert-OH is 1. The number of amides is 1. The van der Waals surface area contributed by atoms with Crippen molar-refractivity contribution in [3.8, 4) is 0 Å². The van der Waals surface area contributed by atoms with Gasteiger partial charge in [-0.05, 0) is 24.3 Å². The Morgan fingerprint density at radius 3 is 2.88 bits per heavy atom. The SMILES string of the molecule is O=C(CSCCCO)Nc1ccccc1F. The molecule has 2 N–H and O–H groups in total. The van der Waals surface area contributed by atoms with Crippen molar-refractivity contribution in [1.29, 1.82) is 0 Å². The maximum atomic E-state index is 13.1. The molecule has 0 fully saturated rings. The average molecular weight is 243 g/mol. The molecule has 0 saturated heterocycles. The van der Waals surface area contributed by atoms with Crippen LogP contribution in [0.5, 0.6) is 0 Å². The first-order chi connectivity index (χ1) is 7.74. The van der Waals surface area contributed by atoms with Crippen LogP contribution >= 0.6 is 11.8 Å². The van der Waals surface area contributed by atoms with Gasteiger partial charge in [0.25, 0.3) is 0 Å². The molecule has 1 amide bonds. The van der Waals surface area contributed by atoms with E-state index in [-0.39, 0.29) is 24.0 Å². The zero-order valence-corrected chi connectivity index (χ0v) is 9.60. The molecule has 0 aliphatic heterocycles. The van der Waals surface area contributed by atoms with Gasteiger partial charge in [0.15, 0.2) is 0 Å². The molecule has 88 valence electrons. The first kappa shape index (κ1) is 13.0. The topological polar surface area (TPSA) is 49.3 Å². The molecule has 0 spiro atoms. The van der Waals surface area contributed by atoms with Crippen molar-refractivity contribution in [3.05, 3.63) is 30.1 Å². The highest BCUT2D eigenvalue weighted by Crippen LogP contribution is 2.13. The lowest BCUT2D eigenvalue weighted by Gasteiger charge is -2.05. The van der Waals surface area contributed by atoms with Gasteiger partial charge in [-0.3, -0.25) is 4.79 Å². The molecule has 16 heavy (non-hydrogen) atoms. The fraction of sp³-hybridized carbons (Fsp3) is 0.364. The second-order valence-corrected chi connectivity index (χ2v) is 4.26. The van der Waals surface area contributed by atoms with Crippen LogP contribution in [0.3, 0.4) is 0 Å². The molecule has 3 nitrogen and oxygen atoms in total. The zero-order chi connectivity index (χ0) is 11.8. The second-order valence-electron chi connectivity index (χ2n) is 3.16. The Morgan fingerprint density at radius 2 is 2.19 bits per heavy atom. The smallest absolute Gasteiger partial charge is 0.234 e. The predicted octanol–water partition coefficient (Wildman–Crippen LogP) is 1.88. The van der Waals surface area contributed by atoms with Gasteiger partial charge in [-0.25, -0.2) is 4.39 Å². The summed E-state index contributed by atoms with van der Waals surface area (Å²) in [6, 6.07) is 6.05. The third kappa shape index (κ3) is 4.63. The van der Waals surface area contributed by atoms with E-state index in [1.165, 1.54) is 23.9 Å². The fourth-order valence-corrected chi connectivity index (χ4v) is 1.82. The minimum atomic E-state index is -0.434. The summed E-state index contributed by atoms with van der Waals surface area (Å²) in [5.74, 6) is 0.333. The highest BCUT2D eigenvalue weighted by molar-refractivity contribution is 7.99. The first-order valence-electron chi connectivity index (χ1n) is 4.97. The number of benzene rings is 1. The third-order valence-electron chi connectivity index (χ3n) is 1.83. The van der Waals surface area contributed by atoms with Crippen molar-refractivity contribution in [3.63, 3.8) is 0 Å². The van der Waals surface area contributed by atoms with Crippen molar-refractivity contribution < 1.29 is 14.3 Å². The quantitative estimate of drug-likeness (QED) is 0.750. The fourth-order valence-electron chi connectivity index (χ4n) is 1.08. The van der Waals surface area contributed by atoms with Crippen LogP contribution in [-0.2, 0) is 4.79 Å². The van der Waals surface area contributed by atoms with E-state index in [4.69, 9.17) is 5.11 Å². The summed E-state index contributed by atoms with van der Waals surface area (Å²) in [5, 5.41) is 11.0. The van der Waals surface area contributed by atoms with E-state index in [2.05, 4.69) is 5.32 Å². The Kier molecular flexibility index (Phi) is 5.88. The minimum Gasteiger partial charge on any atom is -0.396 e. The maximum absolute atomic E-state index is 13.1. The molecular formula is C11H14FNO2S. The largest absolute Gasteiger partial charge is 0.396 e. The Bertz CT molecular complexity index is 347. The van der Waals surface area contributed by atoms with Gasteiger partial charge >= 0.3 is 0 Å². The van der Waals surface area contributed by atoms with Crippen molar-refractivity contribution >= 4 is 23.4 Å². The summed E-state index contributed by atoms with van der Waals surface area (Å²) in [6.45, 7) is 0.127. The Hall–Kier alpha value is -1.07. The number of thioether (sulfide) groups is 1.